The summed E-state index contributed by atoms with van der Waals surface area (Å²) in [7, 11) is 0. The zero-order valence-electron chi connectivity index (χ0n) is 14.5. The van der Waals surface area contributed by atoms with E-state index in [-0.39, 0.29) is 24.0 Å². The first-order valence-corrected chi connectivity index (χ1v) is 8.67. The third-order valence-electron chi connectivity index (χ3n) is 4.35. The maximum absolute atomic E-state index is 6.01. The Bertz CT molecular complexity index is 792. The second-order valence-corrected chi connectivity index (χ2v) is 6.18. The van der Waals surface area contributed by atoms with Gasteiger partial charge in [-0.15, -0.1) is 34.2 Å². The van der Waals surface area contributed by atoms with Crippen molar-refractivity contribution in [1.29, 1.82) is 0 Å². The zero-order valence-corrected chi connectivity index (χ0v) is 16.8. The van der Waals surface area contributed by atoms with Crippen LogP contribution in [0.5, 0.6) is 11.5 Å². The third kappa shape index (κ3) is 4.19. The molecule has 0 radical (unpaired) electrons. The lowest BCUT2D eigenvalue weighted by Crippen LogP contribution is -2.23. The number of nitrogens with zero attached hydrogens (tertiary/aromatic N) is 4. The molecule has 0 bridgehead atoms. The molecule has 2 aliphatic heterocycles. The van der Waals surface area contributed by atoms with E-state index in [0.717, 1.165) is 54.6 Å². The summed E-state index contributed by atoms with van der Waals surface area (Å²) in [5, 5.41) is 11.5. The summed E-state index contributed by atoms with van der Waals surface area (Å²) < 4.78 is 13.5. The van der Waals surface area contributed by atoms with Crippen LogP contribution in [0.1, 0.15) is 30.9 Å². The molecule has 26 heavy (non-hydrogen) atoms. The van der Waals surface area contributed by atoms with Gasteiger partial charge in [0.05, 0.1) is 13.2 Å². The van der Waals surface area contributed by atoms with E-state index in [1.165, 1.54) is 6.42 Å². The van der Waals surface area contributed by atoms with E-state index in [4.69, 9.17) is 15.2 Å². The lowest BCUT2D eigenvalue weighted by molar-refractivity contribution is 0.297. The van der Waals surface area contributed by atoms with E-state index in [0.29, 0.717) is 25.7 Å². The van der Waals surface area contributed by atoms with Crippen molar-refractivity contribution in [2.75, 3.05) is 18.5 Å². The monoisotopic (exact) mass is 470 g/mol. The molecule has 0 atom stereocenters. The van der Waals surface area contributed by atoms with Gasteiger partial charge in [0.15, 0.2) is 23.3 Å². The smallest absolute Gasteiger partial charge is 0.193 e. The predicted octanol–water partition coefficient (Wildman–Crippen LogP) is 2.32. The highest BCUT2D eigenvalue weighted by Crippen LogP contribution is 2.32. The number of nitrogens with one attached hydrogen (secondary N) is 1. The highest BCUT2D eigenvalue weighted by molar-refractivity contribution is 14.0. The molecule has 0 amide bonds. The van der Waals surface area contributed by atoms with Gasteiger partial charge in [-0.1, -0.05) is 0 Å². The minimum atomic E-state index is 0. The van der Waals surface area contributed by atoms with Crippen molar-refractivity contribution in [3.63, 3.8) is 0 Å². The van der Waals surface area contributed by atoms with Crippen LogP contribution < -0.4 is 20.5 Å². The molecule has 0 spiro atoms. The van der Waals surface area contributed by atoms with Gasteiger partial charge in [0.25, 0.3) is 0 Å². The average molecular weight is 470 g/mol. The van der Waals surface area contributed by atoms with Crippen LogP contribution in [0.25, 0.3) is 0 Å². The molecule has 1 aromatic heterocycles. The summed E-state index contributed by atoms with van der Waals surface area (Å²) in [6.07, 6.45) is 4.20. The molecule has 2 aliphatic rings. The number of benzene rings is 1. The fourth-order valence-electron chi connectivity index (χ4n) is 3.07. The summed E-state index contributed by atoms with van der Waals surface area (Å²) in [4.78, 5) is 4.39. The van der Waals surface area contributed by atoms with Crippen LogP contribution in [-0.4, -0.2) is 33.9 Å². The Morgan fingerprint density at radius 3 is 2.88 bits per heavy atom. The van der Waals surface area contributed by atoms with Crippen molar-refractivity contribution < 1.29 is 9.47 Å². The van der Waals surface area contributed by atoms with Gasteiger partial charge in [0.2, 0.25) is 0 Å². The number of rotatable bonds is 3. The average Bonchev–Trinajstić information content (AvgIpc) is 2.89. The standard InChI is InChI=1S/C17H22N6O2.HI/c18-17(19-11-16-22-21-15-4-1-2-7-23(15)16)20-12-5-6-13-14(10-12)25-9-3-8-24-13;/h5-6,10H,1-4,7-9,11H2,(H3,18,19,20);1H. The van der Waals surface area contributed by atoms with E-state index in [1.807, 2.05) is 18.2 Å². The van der Waals surface area contributed by atoms with Crippen molar-refractivity contribution in [2.45, 2.75) is 38.8 Å². The number of guanidine groups is 1. The molecular formula is C17H23IN6O2. The number of aromatic nitrogens is 3. The first-order valence-electron chi connectivity index (χ1n) is 8.67. The molecular weight excluding hydrogens is 447 g/mol. The molecule has 0 fully saturated rings. The summed E-state index contributed by atoms with van der Waals surface area (Å²) in [5.74, 6) is 3.72. The van der Waals surface area contributed by atoms with Gasteiger partial charge in [-0.3, -0.25) is 0 Å². The first kappa shape index (κ1) is 18.7. The fraction of sp³-hybridized carbons (Fsp3) is 0.471. The minimum absolute atomic E-state index is 0. The Kier molecular flexibility index (Phi) is 6.17. The van der Waals surface area contributed by atoms with Gasteiger partial charge in [-0.05, 0) is 25.0 Å². The first-order chi connectivity index (χ1) is 12.3. The minimum Gasteiger partial charge on any atom is -0.490 e. The Morgan fingerprint density at radius 1 is 1.15 bits per heavy atom. The number of anilines is 1. The molecule has 1 aromatic carbocycles. The molecule has 3 N–H and O–H groups in total. The Morgan fingerprint density at radius 2 is 2.00 bits per heavy atom. The van der Waals surface area contributed by atoms with Gasteiger partial charge < -0.3 is 25.1 Å². The van der Waals surface area contributed by atoms with Crippen LogP contribution in [0.4, 0.5) is 5.69 Å². The van der Waals surface area contributed by atoms with Crippen LogP contribution in [0.2, 0.25) is 0 Å². The molecule has 4 rings (SSSR count). The van der Waals surface area contributed by atoms with E-state index in [1.54, 1.807) is 0 Å². The van der Waals surface area contributed by atoms with Gasteiger partial charge in [-0.2, -0.15) is 0 Å². The lowest BCUT2D eigenvalue weighted by Gasteiger charge is -2.14. The number of aryl methyl sites for hydroxylation is 1. The number of fused-ring (bicyclic) bond motifs is 2. The number of hydrogen-bond donors (Lipinski definition) is 2. The van der Waals surface area contributed by atoms with Crippen molar-refractivity contribution >= 4 is 35.6 Å². The van der Waals surface area contributed by atoms with Crippen molar-refractivity contribution in [3.8, 4) is 11.5 Å². The molecule has 2 aromatic rings. The molecule has 0 unspecified atom stereocenters. The van der Waals surface area contributed by atoms with Crippen LogP contribution in [0.15, 0.2) is 23.2 Å². The largest absolute Gasteiger partial charge is 0.490 e. The second-order valence-electron chi connectivity index (χ2n) is 6.18. The maximum Gasteiger partial charge on any atom is 0.193 e. The zero-order chi connectivity index (χ0) is 17.1. The molecule has 8 nitrogen and oxygen atoms in total. The Balaban J connectivity index is 0.00000196. The number of aliphatic imine (C=N–C) groups is 1. The molecule has 140 valence electrons. The number of ether oxygens (including phenoxy) is 2. The highest BCUT2D eigenvalue weighted by atomic mass is 127. The van der Waals surface area contributed by atoms with Gasteiger partial charge in [-0.25, -0.2) is 4.99 Å². The van der Waals surface area contributed by atoms with Crippen LogP contribution >= 0.6 is 24.0 Å². The summed E-state index contributed by atoms with van der Waals surface area (Å²) >= 11 is 0. The SMILES string of the molecule is I.NC(=NCc1nnc2n1CCCC2)Nc1ccc2c(c1)OCCCO2. The predicted molar refractivity (Wildman–Crippen MR) is 109 cm³/mol. The molecule has 0 saturated carbocycles. The van der Waals surface area contributed by atoms with E-state index >= 15 is 0 Å². The molecule has 9 heteroatoms. The Labute approximate surface area is 169 Å². The second kappa shape index (κ2) is 8.56. The van der Waals surface area contributed by atoms with Crippen LogP contribution in [0, 0.1) is 0 Å². The normalized spacial score (nSPS) is 16.2. The van der Waals surface area contributed by atoms with Gasteiger partial charge in [0, 0.05) is 31.1 Å². The summed E-state index contributed by atoms with van der Waals surface area (Å²) in [6, 6.07) is 5.65. The molecule has 0 aliphatic carbocycles. The number of halogens is 1. The van der Waals surface area contributed by atoms with E-state index < -0.39 is 0 Å². The highest BCUT2D eigenvalue weighted by Gasteiger charge is 2.15. The fourth-order valence-corrected chi connectivity index (χ4v) is 3.07. The maximum atomic E-state index is 6.01. The number of hydrogen-bond acceptors (Lipinski definition) is 5. The van der Waals surface area contributed by atoms with Crippen LogP contribution in [-0.2, 0) is 19.5 Å². The molecule has 0 saturated heterocycles. The topological polar surface area (TPSA) is 99.6 Å². The Hall–Kier alpha value is -2.04. The quantitative estimate of drug-likeness (QED) is 0.406. The molecule has 3 heterocycles. The summed E-state index contributed by atoms with van der Waals surface area (Å²) in [6.45, 7) is 2.70. The van der Waals surface area contributed by atoms with E-state index in [9.17, 15) is 0 Å². The lowest BCUT2D eigenvalue weighted by atomic mass is 10.2. The van der Waals surface area contributed by atoms with Crippen molar-refractivity contribution in [3.05, 3.63) is 29.8 Å². The van der Waals surface area contributed by atoms with Crippen LogP contribution in [0.3, 0.4) is 0 Å². The van der Waals surface area contributed by atoms with E-state index in [2.05, 4.69) is 25.1 Å². The van der Waals surface area contributed by atoms with Gasteiger partial charge >= 0.3 is 0 Å². The number of nitrogens with two attached hydrogens (primary N) is 1. The van der Waals surface area contributed by atoms with Gasteiger partial charge in [0.1, 0.15) is 12.4 Å². The van der Waals surface area contributed by atoms with Crippen molar-refractivity contribution in [1.82, 2.24) is 14.8 Å². The third-order valence-corrected chi connectivity index (χ3v) is 4.35. The summed E-state index contributed by atoms with van der Waals surface area (Å²) in [5.41, 5.74) is 6.83. The van der Waals surface area contributed by atoms with Crippen molar-refractivity contribution in [2.24, 2.45) is 10.7 Å².